The molecular weight excluding hydrogens is 271 g/mol. The Hall–Kier alpha value is -0.630. The van der Waals surface area contributed by atoms with Crippen LogP contribution in [-0.2, 0) is 4.57 Å². The first kappa shape index (κ1) is 19.4. The minimum absolute atomic E-state index is 0.0421. The van der Waals surface area contributed by atoms with Gasteiger partial charge in [-0.3, -0.25) is 4.57 Å². The first-order valence-electron chi connectivity index (χ1n) is 7.17. The first-order valence-corrected chi connectivity index (χ1v) is 8.73. The van der Waals surface area contributed by atoms with Crippen LogP contribution in [0.4, 0.5) is 0 Å². The lowest BCUT2D eigenvalue weighted by atomic mass is 10.1. The zero-order valence-corrected chi connectivity index (χ0v) is 14.1. The molecule has 0 aliphatic heterocycles. The minimum Gasteiger partial charge on any atom is -0.388 e. The molecule has 0 aliphatic carbocycles. The Bertz CT molecular complexity index is 391. The number of hydrogen-bond acceptors (Lipinski definition) is 2. The van der Waals surface area contributed by atoms with Crippen molar-refractivity contribution in [2.75, 3.05) is 6.16 Å². The molecular formula is C16H29O3P. The van der Waals surface area contributed by atoms with E-state index in [0.29, 0.717) is 0 Å². The largest absolute Gasteiger partial charge is 0.388 e. The molecule has 20 heavy (non-hydrogen) atoms. The highest BCUT2D eigenvalue weighted by Gasteiger charge is 2.04. The van der Waals surface area contributed by atoms with Crippen molar-refractivity contribution in [3.8, 4) is 0 Å². The zero-order chi connectivity index (χ0) is 15.5. The van der Waals surface area contributed by atoms with E-state index in [-0.39, 0.29) is 6.16 Å². The van der Waals surface area contributed by atoms with Crippen LogP contribution in [0.5, 0.6) is 0 Å². The van der Waals surface area contributed by atoms with Gasteiger partial charge in [0.1, 0.15) is 0 Å². The van der Waals surface area contributed by atoms with E-state index < -0.39 is 14.1 Å². The van der Waals surface area contributed by atoms with Crippen LogP contribution in [0.25, 0.3) is 0 Å². The van der Waals surface area contributed by atoms with E-state index in [0.717, 1.165) is 31.3 Å². The molecule has 2 unspecified atom stereocenters. The van der Waals surface area contributed by atoms with Gasteiger partial charge in [0.05, 0.1) is 12.3 Å². The summed E-state index contributed by atoms with van der Waals surface area (Å²) in [6.45, 7) is 8.31. The number of hydrogen-bond donors (Lipinski definition) is 2. The molecule has 0 aromatic carbocycles. The van der Waals surface area contributed by atoms with Crippen LogP contribution in [0, 0.1) is 0 Å². The van der Waals surface area contributed by atoms with E-state index in [1.807, 2.05) is 6.92 Å². The van der Waals surface area contributed by atoms with Crippen LogP contribution in [0.15, 0.2) is 34.9 Å². The Labute approximate surface area is 124 Å². The van der Waals surface area contributed by atoms with E-state index in [2.05, 4.69) is 32.9 Å². The van der Waals surface area contributed by atoms with Crippen molar-refractivity contribution in [2.45, 2.75) is 59.5 Å². The van der Waals surface area contributed by atoms with Gasteiger partial charge >= 0.3 is 0 Å². The molecule has 0 amide bonds. The highest BCUT2D eigenvalue weighted by molar-refractivity contribution is 7.38. The summed E-state index contributed by atoms with van der Waals surface area (Å²) in [6.07, 6.45) is 9.33. The normalized spacial score (nSPS) is 15.9. The van der Waals surface area contributed by atoms with Crippen molar-refractivity contribution < 1.29 is 14.6 Å². The van der Waals surface area contributed by atoms with Gasteiger partial charge < -0.3 is 10.00 Å². The van der Waals surface area contributed by atoms with Crippen molar-refractivity contribution in [3.63, 3.8) is 0 Å². The van der Waals surface area contributed by atoms with Gasteiger partial charge in [-0.25, -0.2) is 0 Å². The molecule has 0 fully saturated rings. The Kier molecular flexibility index (Phi) is 10.7. The summed E-state index contributed by atoms with van der Waals surface area (Å²) in [5.74, 6) is 0. The first-order chi connectivity index (χ1) is 9.31. The lowest BCUT2D eigenvalue weighted by molar-refractivity contribution is 0.242. The van der Waals surface area contributed by atoms with E-state index in [1.54, 1.807) is 6.08 Å². The Morgan fingerprint density at radius 3 is 2.15 bits per heavy atom. The van der Waals surface area contributed by atoms with E-state index in [4.69, 9.17) is 4.89 Å². The lowest BCUT2D eigenvalue weighted by Gasteiger charge is -2.05. The standard InChI is InChI=1S/C16H29O3P/c1-13(2)7-5-8-14(3)9-6-10-15(4)11-16(17)12-20(18)19/h7,9,11,16-17,20H,5-6,8,10,12H2,1-4H3,(H,18,19)/b14-9+,15-11+. The summed E-state index contributed by atoms with van der Waals surface area (Å²) in [4.78, 5) is 8.75. The van der Waals surface area contributed by atoms with Crippen molar-refractivity contribution in [2.24, 2.45) is 0 Å². The van der Waals surface area contributed by atoms with Crippen LogP contribution in [-0.4, -0.2) is 22.3 Å². The van der Waals surface area contributed by atoms with Gasteiger partial charge in [-0.15, -0.1) is 0 Å². The summed E-state index contributed by atoms with van der Waals surface area (Å²) >= 11 is 0. The summed E-state index contributed by atoms with van der Waals surface area (Å²) in [5, 5.41) is 9.53. The van der Waals surface area contributed by atoms with E-state index in [9.17, 15) is 9.67 Å². The average Bonchev–Trinajstić information content (AvgIpc) is 2.26. The third kappa shape index (κ3) is 12.4. The monoisotopic (exact) mass is 300 g/mol. The molecule has 0 spiro atoms. The van der Waals surface area contributed by atoms with Gasteiger partial charge in [0.15, 0.2) is 8.03 Å². The van der Waals surface area contributed by atoms with Gasteiger partial charge in [0.25, 0.3) is 0 Å². The van der Waals surface area contributed by atoms with Gasteiger partial charge in [0, 0.05) is 0 Å². The molecule has 0 aromatic heterocycles. The predicted molar refractivity (Wildman–Crippen MR) is 87.5 cm³/mol. The molecule has 2 atom stereocenters. The van der Waals surface area contributed by atoms with Crippen molar-refractivity contribution in [1.82, 2.24) is 0 Å². The summed E-state index contributed by atoms with van der Waals surface area (Å²) in [6, 6.07) is 0. The molecule has 116 valence electrons. The second-order valence-electron chi connectivity index (χ2n) is 5.59. The van der Waals surface area contributed by atoms with Gasteiger partial charge in [-0.1, -0.05) is 34.9 Å². The molecule has 0 rings (SSSR count). The van der Waals surface area contributed by atoms with Crippen LogP contribution in [0.3, 0.4) is 0 Å². The zero-order valence-electron chi connectivity index (χ0n) is 13.1. The van der Waals surface area contributed by atoms with Gasteiger partial charge in [-0.05, 0) is 53.4 Å². The topological polar surface area (TPSA) is 57.5 Å². The maximum Gasteiger partial charge on any atom is 0.191 e. The molecule has 0 aromatic rings. The predicted octanol–water partition coefficient (Wildman–Crippen LogP) is 4.23. The molecule has 2 N–H and O–H groups in total. The smallest absolute Gasteiger partial charge is 0.191 e. The number of rotatable bonds is 9. The molecule has 4 heteroatoms. The SMILES string of the molecule is CC(C)=CCC/C(C)=C/CC/C(C)=C/C(O)C[PH](=O)O. The Morgan fingerprint density at radius 1 is 1.05 bits per heavy atom. The molecule has 0 saturated carbocycles. The lowest BCUT2D eigenvalue weighted by Crippen LogP contribution is -2.06. The molecule has 0 saturated heterocycles. The maximum absolute atomic E-state index is 10.6. The highest BCUT2D eigenvalue weighted by Crippen LogP contribution is 2.17. The van der Waals surface area contributed by atoms with Crippen LogP contribution >= 0.6 is 8.03 Å². The summed E-state index contributed by atoms with van der Waals surface area (Å²) in [7, 11) is -2.59. The summed E-state index contributed by atoms with van der Waals surface area (Å²) < 4.78 is 10.6. The van der Waals surface area contributed by atoms with E-state index >= 15 is 0 Å². The number of allylic oxidation sites excluding steroid dienone is 5. The number of aliphatic hydroxyl groups excluding tert-OH is 1. The molecule has 0 radical (unpaired) electrons. The van der Waals surface area contributed by atoms with Gasteiger partial charge in [-0.2, -0.15) is 0 Å². The van der Waals surface area contributed by atoms with Crippen LogP contribution in [0.2, 0.25) is 0 Å². The Morgan fingerprint density at radius 2 is 1.60 bits per heavy atom. The third-order valence-electron chi connectivity index (χ3n) is 2.98. The van der Waals surface area contributed by atoms with Crippen molar-refractivity contribution in [3.05, 3.63) is 34.9 Å². The van der Waals surface area contributed by atoms with Crippen LogP contribution < -0.4 is 0 Å². The Balaban J connectivity index is 4.05. The van der Waals surface area contributed by atoms with E-state index in [1.165, 1.54) is 11.1 Å². The molecule has 0 bridgehead atoms. The third-order valence-corrected chi connectivity index (χ3v) is 3.75. The average molecular weight is 300 g/mol. The highest BCUT2D eigenvalue weighted by atomic mass is 31.1. The fraction of sp³-hybridized carbons (Fsp3) is 0.625. The minimum atomic E-state index is -2.59. The van der Waals surface area contributed by atoms with Gasteiger partial charge in [0.2, 0.25) is 0 Å². The van der Waals surface area contributed by atoms with Crippen LogP contribution in [0.1, 0.15) is 53.4 Å². The fourth-order valence-corrected chi connectivity index (χ4v) is 2.36. The molecule has 0 aliphatic rings. The summed E-state index contributed by atoms with van der Waals surface area (Å²) in [5.41, 5.74) is 3.80. The molecule has 0 heterocycles. The quantitative estimate of drug-likeness (QED) is 0.495. The van der Waals surface area contributed by atoms with Crippen molar-refractivity contribution >= 4 is 8.03 Å². The number of aliphatic hydroxyl groups is 1. The maximum atomic E-state index is 10.6. The fourth-order valence-electron chi connectivity index (χ4n) is 1.89. The second kappa shape index (κ2) is 11.1. The molecule has 3 nitrogen and oxygen atoms in total. The second-order valence-corrected chi connectivity index (χ2v) is 6.78. The van der Waals surface area contributed by atoms with Crippen molar-refractivity contribution in [1.29, 1.82) is 0 Å².